The van der Waals surface area contributed by atoms with E-state index in [1.807, 2.05) is 18.2 Å². The first-order valence-electron chi connectivity index (χ1n) is 9.86. The number of rotatable bonds is 5. The first-order valence-corrected chi connectivity index (χ1v) is 9.86. The molecule has 0 saturated heterocycles. The van der Waals surface area contributed by atoms with Gasteiger partial charge in [0.05, 0.1) is 0 Å². The molecule has 0 amide bonds. The topological polar surface area (TPSA) is 29.1 Å². The molecule has 3 aromatic carbocycles. The fraction of sp³-hybridized carbons (Fsp3) is 0.192. The van der Waals surface area contributed by atoms with E-state index in [0.717, 1.165) is 18.7 Å². The predicted molar refractivity (Wildman–Crippen MR) is 115 cm³/mol. The SMILES string of the molecule is Cc1ccccc1-c1cccc(CNC2=CC(=O)CC(c3ccccc3)C2)c1. The summed E-state index contributed by atoms with van der Waals surface area (Å²) < 4.78 is 0. The summed E-state index contributed by atoms with van der Waals surface area (Å²) in [5, 5.41) is 3.50. The molecule has 0 spiro atoms. The van der Waals surface area contributed by atoms with Gasteiger partial charge in [-0.25, -0.2) is 0 Å². The van der Waals surface area contributed by atoms with Crippen molar-refractivity contribution in [3.8, 4) is 11.1 Å². The van der Waals surface area contributed by atoms with Gasteiger partial charge in [0.15, 0.2) is 5.78 Å². The number of carbonyl (C=O) groups excluding carboxylic acids is 1. The molecular formula is C26H25NO. The number of carbonyl (C=O) groups is 1. The van der Waals surface area contributed by atoms with Gasteiger partial charge in [-0.05, 0) is 53.1 Å². The lowest BCUT2D eigenvalue weighted by Crippen LogP contribution is -2.21. The van der Waals surface area contributed by atoms with Crippen LogP contribution in [0.1, 0.15) is 35.4 Å². The van der Waals surface area contributed by atoms with E-state index in [0.29, 0.717) is 6.42 Å². The normalized spacial score (nSPS) is 16.5. The number of allylic oxidation sites excluding steroid dienone is 2. The van der Waals surface area contributed by atoms with Gasteiger partial charge in [0.25, 0.3) is 0 Å². The summed E-state index contributed by atoms with van der Waals surface area (Å²) >= 11 is 0. The minimum absolute atomic E-state index is 0.205. The van der Waals surface area contributed by atoms with Crippen LogP contribution >= 0.6 is 0 Å². The Kier molecular flexibility index (Phi) is 5.38. The highest BCUT2D eigenvalue weighted by molar-refractivity contribution is 5.92. The van der Waals surface area contributed by atoms with Crippen LogP contribution in [0.2, 0.25) is 0 Å². The zero-order valence-electron chi connectivity index (χ0n) is 16.2. The van der Waals surface area contributed by atoms with Gasteiger partial charge in [-0.15, -0.1) is 0 Å². The molecule has 0 aliphatic heterocycles. The molecule has 0 radical (unpaired) electrons. The van der Waals surface area contributed by atoms with Crippen LogP contribution in [0, 0.1) is 6.92 Å². The molecule has 0 aromatic heterocycles. The van der Waals surface area contributed by atoms with Gasteiger partial charge in [0.1, 0.15) is 0 Å². The smallest absolute Gasteiger partial charge is 0.158 e. The Morgan fingerprint density at radius 3 is 2.50 bits per heavy atom. The highest BCUT2D eigenvalue weighted by Gasteiger charge is 2.21. The van der Waals surface area contributed by atoms with Crippen molar-refractivity contribution in [2.24, 2.45) is 0 Å². The highest BCUT2D eigenvalue weighted by Crippen LogP contribution is 2.30. The minimum Gasteiger partial charge on any atom is -0.384 e. The molecule has 0 fully saturated rings. The molecule has 0 bridgehead atoms. The number of nitrogens with one attached hydrogen (secondary N) is 1. The lowest BCUT2D eigenvalue weighted by molar-refractivity contribution is -0.115. The second-order valence-corrected chi connectivity index (χ2v) is 7.52. The fourth-order valence-corrected chi connectivity index (χ4v) is 3.94. The molecule has 3 aromatic rings. The van der Waals surface area contributed by atoms with E-state index in [2.05, 4.69) is 72.9 Å². The maximum Gasteiger partial charge on any atom is 0.158 e. The molecule has 1 atom stereocenters. The molecule has 2 nitrogen and oxygen atoms in total. The lowest BCUT2D eigenvalue weighted by atomic mass is 9.85. The summed E-state index contributed by atoms with van der Waals surface area (Å²) in [5.74, 6) is 0.468. The summed E-state index contributed by atoms with van der Waals surface area (Å²) in [6.45, 7) is 2.86. The molecule has 1 aliphatic carbocycles. The minimum atomic E-state index is 0.205. The molecule has 140 valence electrons. The maximum absolute atomic E-state index is 12.2. The van der Waals surface area contributed by atoms with Crippen LogP contribution in [0.15, 0.2) is 90.6 Å². The summed E-state index contributed by atoms with van der Waals surface area (Å²) in [6, 6.07) is 27.4. The quantitative estimate of drug-likeness (QED) is 0.619. The van der Waals surface area contributed by atoms with Gasteiger partial charge in [-0.1, -0.05) is 72.8 Å². The third-order valence-electron chi connectivity index (χ3n) is 5.42. The van der Waals surface area contributed by atoms with Gasteiger partial charge < -0.3 is 5.32 Å². The van der Waals surface area contributed by atoms with E-state index < -0.39 is 0 Å². The number of ketones is 1. The molecule has 28 heavy (non-hydrogen) atoms. The van der Waals surface area contributed by atoms with Crippen molar-refractivity contribution < 1.29 is 4.79 Å². The highest BCUT2D eigenvalue weighted by atomic mass is 16.1. The summed E-state index contributed by atoms with van der Waals surface area (Å²) in [6.07, 6.45) is 3.26. The first kappa shape index (κ1) is 18.2. The molecule has 1 N–H and O–H groups in total. The molecule has 1 aliphatic rings. The van der Waals surface area contributed by atoms with E-state index in [4.69, 9.17) is 0 Å². The Labute approximate surface area is 166 Å². The number of benzene rings is 3. The first-order chi connectivity index (χ1) is 13.7. The van der Waals surface area contributed by atoms with E-state index >= 15 is 0 Å². The van der Waals surface area contributed by atoms with Crippen molar-refractivity contribution in [1.82, 2.24) is 5.32 Å². The standard InChI is InChI=1S/C26H25NO/c1-19-8-5-6-13-26(19)22-12-7-9-20(14-22)18-27-24-15-23(16-25(28)17-24)21-10-3-2-4-11-21/h2-14,17,23,27H,15-16,18H2,1H3. The van der Waals surface area contributed by atoms with Crippen molar-refractivity contribution >= 4 is 5.78 Å². The van der Waals surface area contributed by atoms with Crippen LogP contribution in [0.4, 0.5) is 0 Å². The molecular weight excluding hydrogens is 342 g/mol. The van der Waals surface area contributed by atoms with Crippen LogP contribution in [-0.4, -0.2) is 5.78 Å². The van der Waals surface area contributed by atoms with Crippen molar-refractivity contribution in [2.75, 3.05) is 0 Å². The summed E-state index contributed by atoms with van der Waals surface area (Å²) in [5.41, 5.74) is 7.26. The molecule has 1 unspecified atom stereocenters. The zero-order chi connectivity index (χ0) is 19.3. The van der Waals surface area contributed by atoms with Crippen LogP contribution in [-0.2, 0) is 11.3 Å². The average Bonchev–Trinajstić information content (AvgIpc) is 2.73. The third-order valence-corrected chi connectivity index (χ3v) is 5.42. The van der Waals surface area contributed by atoms with Crippen molar-refractivity contribution in [3.63, 3.8) is 0 Å². The van der Waals surface area contributed by atoms with Crippen LogP contribution in [0.3, 0.4) is 0 Å². The fourth-order valence-electron chi connectivity index (χ4n) is 3.94. The van der Waals surface area contributed by atoms with Crippen molar-refractivity contribution in [1.29, 1.82) is 0 Å². The predicted octanol–water partition coefficient (Wildman–Crippen LogP) is 5.78. The maximum atomic E-state index is 12.2. The van der Waals surface area contributed by atoms with Crippen LogP contribution in [0.25, 0.3) is 11.1 Å². The van der Waals surface area contributed by atoms with Gasteiger partial charge in [-0.2, -0.15) is 0 Å². The van der Waals surface area contributed by atoms with Gasteiger partial charge in [0.2, 0.25) is 0 Å². The number of aryl methyl sites for hydroxylation is 1. The lowest BCUT2D eigenvalue weighted by Gasteiger charge is -2.23. The van der Waals surface area contributed by atoms with Gasteiger partial charge in [0, 0.05) is 24.7 Å². The van der Waals surface area contributed by atoms with E-state index in [9.17, 15) is 4.79 Å². The van der Waals surface area contributed by atoms with Crippen molar-refractivity contribution in [3.05, 3.63) is 107 Å². The largest absolute Gasteiger partial charge is 0.384 e. The van der Waals surface area contributed by atoms with E-state index in [1.54, 1.807) is 6.08 Å². The molecule has 0 heterocycles. The zero-order valence-corrected chi connectivity index (χ0v) is 16.2. The molecule has 0 saturated carbocycles. The second-order valence-electron chi connectivity index (χ2n) is 7.52. The van der Waals surface area contributed by atoms with E-state index in [-0.39, 0.29) is 11.7 Å². The Balaban J connectivity index is 1.46. The number of hydrogen-bond donors (Lipinski definition) is 1. The van der Waals surface area contributed by atoms with Gasteiger partial charge >= 0.3 is 0 Å². The molecule has 2 heteroatoms. The third kappa shape index (κ3) is 4.23. The Morgan fingerprint density at radius 1 is 0.893 bits per heavy atom. The molecule has 4 rings (SSSR count). The van der Waals surface area contributed by atoms with Crippen molar-refractivity contribution in [2.45, 2.75) is 32.2 Å². The van der Waals surface area contributed by atoms with Gasteiger partial charge in [-0.3, -0.25) is 4.79 Å². The monoisotopic (exact) mass is 367 g/mol. The average molecular weight is 367 g/mol. The summed E-state index contributed by atoms with van der Waals surface area (Å²) in [4.78, 5) is 12.2. The Morgan fingerprint density at radius 2 is 1.68 bits per heavy atom. The summed E-state index contributed by atoms with van der Waals surface area (Å²) in [7, 11) is 0. The Hall–Kier alpha value is -3.13. The van der Waals surface area contributed by atoms with Crippen LogP contribution in [0.5, 0.6) is 0 Å². The van der Waals surface area contributed by atoms with E-state index in [1.165, 1.54) is 27.8 Å². The van der Waals surface area contributed by atoms with Crippen LogP contribution < -0.4 is 5.32 Å². The number of hydrogen-bond acceptors (Lipinski definition) is 2. The second kappa shape index (κ2) is 8.26. The Bertz CT molecular complexity index is 1000.